The van der Waals surface area contributed by atoms with Crippen molar-refractivity contribution in [3.63, 3.8) is 0 Å². The summed E-state index contributed by atoms with van der Waals surface area (Å²) in [5.74, 6) is 1.52. The maximum absolute atomic E-state index is 13.0. The normalized spacial score (nSPS) is 21.9. The van der Waals surface area contributed by atoms with Gasteiger partial charge in [0.2, 0.25) is 11.8 Å². The minimum Gasteiger partial charge on any atom is -0.444 e. The van der Waals surface area contributed by atoms with Crippen LogP contribution in [0.3, 0.4) is 0 Å². The van der Waals surface area contributed by atoms with Gasteiger partial charge in [-0.1, -0.05) is 5.16 Å². The predicted octanol–water partition coefficient (Wildman–Crippen LogP) is 2.48. The summed E-state index contributed by atoms with van der Waals surface area (Å²) < 4.78 is 10.7. The zero-order valence-corrected chi connectivity index (χ0v) is 16.0. The molecule has 2 amide bonds. The number of likely N-dealkylation sites (tertiary alicyclic amines) is 2. The summed E-state index contributed by atoms with van der Waals surface area (Å²) in [5.41, 5.74) is -0.562. The lowest BCUT2D eigenvalue weighted by atomic mass is 9.96. The molecule has 144 valence electrons. The van der Waals surface area contributed by atoms with Gasteiger partial charge in [-0.25, -0.2) is 4.79 Å². The first-order valence-corrected chi connectivity index (χ1v) is 9.33. The number of carbonyl (C=O) groups excluding carboxylic acids is 2. The number of piperidine rings is 1. The van der Waals surface area contributed by atoms with Crippen LogP contribution in [0.1, 0.15) is 64.1 Å². The molecule has 3 rings (SSSR count). The van der Waals surface area contributed by atoms with Gasteiger partial charge in [-0.2, -0.15) is 4.98 Å². The highest BCUT2D eigenvalue weighted by Crippen LogP contribution is 2.29. The van der Waals surface area contributed by atoms with Crippen molar-refractivity contribution in [2.45, 2.75) is 70.9 Å². The van der Waals surface area contributed by atoms with Crippen molar-refractivity contribution in [1.82, 2.24) is 19.9 Å². The molecule has 1 aromatic rings. The molecule has 8 heteroatoms. The van der Waals surface area contributed by atoms with Crippen molar-refractivity contribution < 1.29 is 18.8 Å². The average molecular weight is 364 g/mol. The number of hydrogen-bond donors (Lipinski definition) is 0. The van der Waals surface area contributed by atoms with Crippen LogP contribution in [0.25, 0.3) is 0 Å². The highest BCUT2D eigenvalue weighted by atomic mass is 16.6. The van der Waals surface area contributed by atoms with E-state index in [4.69, 9.17) is 9.26 Å². The van der Waals surface area contributed by atoms with Crippen molar-refractivity contribution >= 4 is 12.0 Å². The fraction of sp³-hybridized carbons (Fsp3) is 0.778. The van der Waals surface area contributed by atoms with E-state index in [0.29, 0.717) is 37.8 Å². The first-order chi connectivity index (χ1) is 12.2. The third kappa shape index (κ3) is 4.16. The molecule has 2 saturated heterocycles. The predicted molar refractivity (Wildman–Crippen MR) is 93.6 cm³/mol. The van der Waals surface area contributed by atoms with Gasteiger partial charge in [-0.15, -0.1) is 0 Å². The fourth-order valence-corrected chi connectivity index (χ4v) is 3.60. The minimum atomic E-state index is -0.562. The van der Waals surface area contributed by atoms with Crippen molar-refractivity contribution in [2.24, 2.45) is 0 Å². The summed E-state index contributed by atoms with van der Waals surface area (Å²) in [4.78, 5) is 33.1. The Morgan fingerprint density at radius 1 is 1.15 bits per heavy atom. The molecule has 1 aromatic heterocycles. The number of hydrogen-bond acceptors (Lipinski definition) is 6. The van der Waals surface area contributed by atoms with Gasteiger partial charge >= 0.3 is 6.09 Å². The summed E-state index contributed by atoms with van der Waals surface area (Å²) in [6.45, 7) is 9.17. The van der Waals surface area contributed by atoms with Gasteiger partial charge in [0.25, 0.3) is 0 Å². The lowest BCUT2D eigenvalue weighted by Crippen LogP contribution is -2.50. The van der Waals surface area contributed by atoms with E-state index >= 15 is 0 Å². The van der Waals surface area contributed by atoms with Crippen molar-refractivity contribution in [1.29, 1.82) is 0 Å². The number of aryl methyl sites for hydroxylation is 1. The molecule has 3 heterocycles. The number of ether oxygens (including phenoxy) is 1. The summed E-state index contributed by atoms with van der Waals surface area (Å²) in [5, 5.41) is 3.84. The number of aromatic nitrogens is 2. The molecule has 2 aliphatic heterocycles. The Labute approximate surface area is 153 Å². The summed E-state index contributed by atoms with van der Waals surface area (Å²) in [7, 11) is 0. The van der Waals surface area contributed by atoms with Crippen LogP contribution in [-0.2, 0) is 9.53 Å². The number of nitrogens with zero attached hydrogens (tertiary/aromatic N) is 4. The summed E-state index contributed by atoms with van der Waals surface area (Å²) in [6, 6.07) is -0.410. The molecule has 8 nitrogen and oxygen atoms in total. The molecule has 0 aromatic carbocycles. The Morgan fingerprint density at radius 2 is 1.85 bits per heavy atom. The Kier molecular flexibility index (Phi) is 5.20. The number of carbonyl (C=O) groups is 2. The van der Waals surface area contributed by atoms with Crippen LogP contribution in [0.5, 0.6) is 0 Å². The second-order valence-corrected chi connectivity index (χ2v) is 8.11. The van der Waals surface area contributed by atoms with Crippen molar-refractivity contribution in [2.75, 3.05) is 19.6 Å². The fourth-order valence-electron chi connectivity index (χ4n) is 3.60. The zero-order valence-electron chi connectivity index (χ0n) is 16.0. The van der Waals surface area contributed by atoms with Gasteiger partial charge in [0.05, 0.1) is 0 Å². The second kappa shape index (κ2) is 7.25. The molecule has 0 bridgehead atoms. The molecule has 1 unspecified atom stereocenters. The molecule has 0 N–H and O–H groups in total. The largest absolute Gasteiger partial charge is 0.444 e. The maximum atomic E-state index is 13.0. The third-order valence-electron chi connectivity index (χ3n) is 4.87. The third-order valence-corrected chi connectivity index (χ3v) is 4.87. The Hall–Kier alpha value is -2.12. The highest BCUT2D eigenvalue weighted by molar-refractivity contribution is 5.86. The molecular formula is C18H28N4O4. The van der Waals surface area contributed by atoms with Gasteiger partial charge in [-0.05, 0) is 53.4 Å². The molecule has 0 saturated carbocycles. The summed E-state index contributed by atoms with van der Waals surface area (Å²) >= 11 is 0. The number of amides is 2. The van der Waals surface area contributed by atoms with E-state index in [0.717, 1.165) is 19.3 Å². The monoisotopic (exact) mass is 364 g/mol. The van der Waals surface area contributed by atoms with E-state index in [-0.39, 0.29) is 11.8 Å². The SMILES string of the molecule is Cc1noc(C2CCN(C(=O)C3CCCN3C(=O)OC(C)(C)C)CC2)n1. The molecule has 26 heavy (non-hydrogen) atoms. The zero-order chi connectivity index (χ0) is 18.9. The quantitative estimate of drug-likeness (QED) is 0.801. The van der Waals surface area contributed by atoms with Gasteiger partial charge in [0.1, 0.15) is 11.6 Å². The van der Waals surface area contributed by atoms with Crippen molar-refractivity contribution in [3.05, 3.63) is 11.7 Å². The van der Waals surface area contributed by atoms with Crippen LogP contribution in [0.2, 0.25) is 0 Å². The van der Waals surface area contributed by atoms with E-state index in [1.165, 1.54) is 0 Å². The maximum Gasteiger partial charge on any atom is 0.410 e. The van der Waals surface area contributed by atoms with E-state index in [9.17, 15) is 9.59 Å². The molecule has 0 radical (unpaired) electrons. The standard InChI is InChI=1S/C18H28N4O4/c1-12-19-15(26-20-12)13-7-10-21(11-8-13)16(23)14-6-5-9-22(14)17(24)25-18(2,3)4/h13-14H,5-11H2,1-4H3. The highest BCUT2D eigenvalue weighted by Gasteiger charge is 2.39. The molecule has 2 aliphatic rings. The van der Waals surface area contributed by atoms with Gasteiger partial charge < -0.3 is 14.2 Å². The van der Waals surface area contributed by atoms with E-state index < -0.39 is 17.7 Å². The first-order valence-electron chi connectivity index (χ1n) is 9.33. The molecule has 0 aliphatic carbocycles. The van der Waals surface area contributed by atoms with Crippen molar-refractivity contribution in [3.8, 4) is 0 Å². The molecule has 1 atom stereocenters. The van der Waals surface area contributed by atoms with Crippen LogP contribution in [0.4, 0.5) is 4.79 Å². The lowest BCUT2D eigenvalue weighted by molar-refractivity contribution is -0.137. The van der Waals surface area contributed by atoms with E-state index in [2.05, 4.69) is 10.1 Å². The second-order valence-electron chi connectivity index (χ2n) is 8.11. The Balaban J connectivity index is 1.58. The van der Waals surface area contributed by atoms with Crippen LogP contribution in [0, 0.1) is 6.92 Å². The average Bonchev–Trinajstić information content (AvgIpc) is 3.22. The molecule has 2 fully saturated rings. The lowest BCUT2D eigenvalue weighted by Gasteiger charge is -2.35. The topological polar surface area (TPSA) is 88.8 Å². The minimum absolute atomic E-state index is 0.0218. The van der Waals surface area contributed by atoms with Gasteiger partial charge in [0.15, 0.2) is 5.82 Å². The number of rotatable bonds is 2. The van der Waals surface area contributed by atoms with Crippen LogP contribution >= 0.6 is 0 Å². The summed E-state index contributed by atoms with van der Waals surface area (Å²) in [6.07, 6.45) is 2.72. The van der Waals surface area contributed by atoms with E-state index in [1.54, 1.807) is 11.8 Å². The Morgan fingerprint density at radius 3 is 2.42 bits per heavy atom. The smallest absolute Gasteiger partial charge is 0.410 e. The first kappa shape index (κ1) is 18.7. The van der Waals surface area contributed by atoms with Crippen LogP contribution in [-0.4, -0.2) is 63.2 Å². The van der Waals surface area contributed by atoms with E-state index in [1.807, 2.05) is 25.7 Å². The van der Waals surface area contributed by atoms with Crippen LogP contribution in [0.15, 0.2) is 4.52 Å². The Bertz CT molecular complexity index is 658. The van der Waals surface area contributed by atoms with Gasteiger partial charge in [-0.3, -0.25) is 9.69 Å². The van der Waals surface area contributed by atoms with Crippen LogP contribution < -0.4 is 0 Å². The molecular weight excluding hydrogens is 336 g/mol. The van der Waals surface area contributed by atoms with Gasteiger partial charge in [0, 0.05) is 25.6 Å². The molecule has 0 spiro atoms.